The van der Waals surface area contributed by atoms with Gasteiger partial charge in [0, 0.05) is 30.7 Å². The molecule has 0 aromatic heterocycles. The number of halogens is 2. The summed E-state index contributed by atoms with van der Waals surface area (Å²) in [7, 11) is 1.71. The van der Waals surface area contributed by atoms with Crippen LogP contribution in [0.25, 0.3) is 0 Å². The third-order valence-electron chi connectivity index (χ3n) is 3.77. The molecule has 9 heteroatoms. The molecule has 1 atom stereocenters. The maximum Gasteiger partial charge on any atom is 0.312 e. The SMILES string of the molecule is CC(C)C(N)CCN(C)C(=O)CCOc1ccc(Cl)cc1[N+](=O)[O-].Cl. The molecule has 1 rings (SSSR count). The number of carbonyl (C=O) groups is 1. The van der Waals surface area contributed by atoms with E-state index < -0.39 is 4.92 Å². The van der Waals surface area contributed by atoms with Crippen LogP contribution in [0.2, 0.25) is 5.02 Å². The molecule has 7 nitrogen and oxygen atoms in total. The second-order valence-electron chi connectivity index (χ2n) is 5.98. The van der Waals surface area contributed by atoms with Gasteiger partial charge in [0.05, 0.1) is 18.0 Å². The minimum atomic E-state index is -0.567. The first-order chi connectivity index (χ1) is 11.2. The van der Waals surface area contributed by atoms with Crippen LogP contribution in [0.4, 0.5) is 5.69 Å². The smallest absolute Gasteiger partial charge is 0.312 e. The molecule has 142 valence electrons. The van der Waals surface area contributed by atoms with E-state index >= 15 is 0 Å². The molecule has 0 fully saturated rings. The van der Waals surface area contributed by atoms with Crippen molar-refractivity contribution in [3.8, 4) is 5.75 Å². The van der Waals surface area contributed by atoms with E-state index in [-0.39, 0.29) is 53.8 Å². The highest BCUT2D eigenvalue weighted by molar-refractivity contribution is 6.30. The van der Waals surface area contributed by atoms with Crippen molar-refractivity contribution in [2.75, 3.05) is 20.2 Å². The zero-order valence-electron chi connectivity index (χ0n) is 14.6. The fraction of sp³-hybridized carbons (Fsp3) is 0.562. The number of ether oxygens (including phenoxy) is 1. The molecule has 0 radical (unpaired) electrons. The zero-order chi connectivity index (χ0) is 18.3. The Morgan fingerprint density at radius 2 is 2.08 bits per heavy atom. The van der Waals surface area contributed by atoms with Crippen LogP contribution >= 0.6 is 24.0 Å². The van der Waals surface area contributed by atoms with Crippen molar-refractivity contribution in [2.24, 2.45) is 11.7 Å². The van der Waals surface area contributed by atoms with Crippen molar-refractivity contribution >= 4 is 35.6 Å². The van der Waals surface area contributed by atoms with Crippen LogP contribution in [0, 0.1) is 16.0 Å². The molecule has 0 aliphatic heterocycles. The van der Waals surface area contributed by atoms with E-state index in [4.69, 9.17) is 22.1 Å². The quantitative estimate of drug-likeness (QED) is 0.512. The summed E-state index contributed by atoms with van der Waals surface area (Å²) in [5.41, 5.74) is 5.74. The lowest BCUT2D eigenvalue weighted by Crippen LogP contribution is -2.35. The number of nitro groups is 1. The fourth-order valence-corrected chi connectivity index (χ4v) is 2.16. The lowest BCUT2D eigenvalue weighted by molar-refractivity contribution is -0.385. The molecule has 0 spiro atoms. The van der Waals surface area contributed by atoms with E-state index in [2.05, 4.69) is 0 Å². The summed E-state index contributed by atoms with van der Waals surface area (Å²) < 4.78 is 5.37. The number of nitrogens with zero attached hydrogens (tertiary/aromatic N) is 2. The summed E-state index contributed by atoms with van der Waals surface area (Å²) in [4.78, 5) is 24.0. The first-order valence-electron chi connectivity index (χ1n) is 7.78. The maximum absolute atomic E-state index is 12.0. The van der Waals surface area contributed by atoms with Gasteiger partial charge in [-0.15, -0.1) is 12.4 Å². The van der Waals surface area contributed by atoms with Gasteiger partial charge >= 0.3 is 5.69 Å². The summed E-state index contributed by atoms with van der Waals surface area (Å²) >= 11 is 5.74. The molecule has 0 aliphatic rings. The lowest BCUT2D eigenvalue weighted by Gasteiger charge is -2.21. The predicted octanol–water partition coefficient (Wildman–Crippen LogP) is 3.27. The van der Waals surface area contributed by atoms with E-state index in [1.54, 1.807) is 11.9 Å². The Kier molecular flexibility index (Phi) is 10.4. The van der Waals surface area contributed by atoms with Crippen molar-refractivity contribution in [3.63, 3.8) is 0 Å². The number of carbonyl (C=O) groups excluding carboxylic acids is 1. The van der Waals surface area contributed by atoms with Crippen molar-refractivity contribution in [3.05, 3.63) is 33.3 Å². The molecule has 1 aromatic carbocycles. The molecule has 1 amide bonds. The van der Waals surface area contributed by atoms with Crippen LogP contribution in [0.5, 0.6) is 5.75 Å². The number of hydrogen-bond donors (Lipinski definition) is 1. The number of nitro benzene ring substituents is 1. The van der Waals surface area contributed by atoms with E-state index in [0.29, 0.717) is 12.5 Å². The molecule has 2 N–H and O–H groups in total. The summed E-state index contributed by atoms with van der Waals surface area (Å²) in [5.74, 6) is 0.367. The van der Waals surface area contributed by atoms with Crippen LogP contribution in [0.1, 0.15) is 26.7 Å². The third-order valence-corrected chi connectivity index (χ3v) is 4.01. The second-order valence-corrected chi connectivity index (χ2v) is 6.42. The zero-order valence-corrected chi connectivity index (χ0v) is 16.2. The molecular weight excluding hydrogens is 369 g/mol. The first kappa shape index (κ1) is 23.4. The van der Waals surface area contributed by atoms with Gasteiger partial charge in [-0.05, 0) is 24.5 Å². The van der Waals surface area contributed by atoms with Crippen LogP contribution in [-0.4, -0.2) is 42.0 Å². The van der Waals surface area contributed by atoms with E-state index in [9.17, 15) is 14.9 Å². The van der Waals surface area contributed by atoms with Gasteiger partial charge in [-0.1, -0.05) is 25.4 Å². The van der Waals surface area contributed by atoms with E-state index in [1.165, 1.54) is 18.2 Å². The molecule has 25 heavy (non-hydrogen) atoms. The molecule has 1 unspecified atom stereocenters. The van der Waals surface area contributed by atoms with Crippen LogP contribution in [0.15, 0.2) is 18.2 Å². The van der Waals surface area contributed by atoms with Crippen LogP contribution in [-0.2, 0) is 4.79 Å². The predicted molar refractivity (Wildman–Crippen MR) is 101 cm³/mol. The number of nitrogens with two attached hydrogens (primary N) is 1. The fourth-order valence-electron chi connectivity index (χ4n) is 2.00. The second kappa shape index (κ2) is 11.1. The van der Waals surface area contributed by atoms with Gasteiger partial charge in [0.2, 0.25) is 5.91 Å². The molecule has 0 saturated carbocycles. The third kappa shape index (κ3) is 7.90. The van der Waals surface area contributed by atoms with Crippen molar-refractivity contribution in [1.29, 1.82) is 0 Å². The Morgan fingerprint density at radius 1 is 1.44 bits per heavy atom. The summed E-state index contributed by atoms with van der Waals surface area (Å²) in [5, 5.41) is 11.2. The molecule has 0 bridgehead atoms. The number of benzene rings is 1. The Balaban J connectivity index is 0.00000576. The minimum absolute atomic E-state index is 0. The Labute approximate surface area is 159 Å². The van der Waals surface area contributed by atoms with Gasteiger partial charge in [0.25, 0.3) is 0 Å². The number of amides is 1. The van der Waals surface area contributed by atoms with Crippen molar-refractivity contribution < 1.29 is 14.5 Å². The molecule has 1 aromatic rings. The minimum Gasteiger partial charge on any atom is -0.486 e. The van der Waals surface area contributed by atoms with Gasteiger partial charge in [-0.2, -0.15) is 0 Å². The maximum atomic E-state index is 12.0. The molecule has 0 heterocycles. The summed E-state index contributed by atoms with van der Waals surface area (Å²) in [6.45, 7) is 4.71. The average molecular weight is 394 g/mol. The molecular formula is C16H25Cl2N3O4. The highest BCUT2D eigenvalue weighted by atomic mass is 35.5. The van der Waals surface area contributed by atoms with Crippen LogP contribution < -0.4 is 10.5 Å². The molecule has 0 saturated heterocycles. The largest absolute Gasteiger partial charge is 0.486 e. The summed E-state index contributed by atoms with van der Waals surface area (Å²) in [6.07, 6.45) is 0.858. The van der Waals surface area contributed by atoms with Crippen molar-refractivity contribution in [1.82, 2.24) is 4.90 Å². The van der Waals surface area contributed by atoms with Gasteiger partial charge in [-0.3, -0.25) is 14.9 Å². The highest BCUT2D eigenvalue weighted by Gasteiger charge is 2.17. The van der Waals surface area contributed by atoms with Gasteiger partial charge in [0.15, 0.2) is 5.75 Å². The summed E-state index contributed by atoms with van der Waals surface area (Å²) in [6, 6.07) is 4.20. The van der Waals surface area contributed by atoms with E-state index in [1.807, 2.05) is 13.8 Å². The normalized spacial score (nSPS) is 11.6. The topological polar surface area (TPSA) is 98.7 Å². The van der Waals surface area contributed by atoms with Gasteiger partial charge in [0.1, 0.15) is 0 Å². The Morgan fingerprint density at radius 3 is 2.64 bits per heavy atom. The van der Waals surface area contributed by atoms with Gasteiger partial charge in [-0.25, -0.2) is 0 Å². The number of rotatable bonds is 9. The van der Waals surface area contributed by atoms with Crippen LogP contribution in [0.3, 0.4) is 0 Å². The first-order valence-corrected chi connectivity index (χ1v) is 8.16. The van der Waals surface area contributed by atoms with Crippen molar-refractivity contribution in [2.45, 2.75) is 32.7 Å². The molecule has 0 aliphatic carbocycles. The Hall–Kier alpha value is -1.57. The average Bonchev–Trinajstić information content (AvgIpc) is 2.52. The Bertz CT molecular complexity index is 584. The number of hydrogen-bond acceptors (Lipinski definition) is 5. The standard InChI is InChI=1S/C16H24ClN3O4.ClH/c1-11(2)13(18)6-8-19(3)16(21)7-9-24-15-5-4-12(17)10-14(15)20(22)23;/h4-5,10-11,13H,6-9,18H2,1-3H3;1H. The van der Waals surface area contributed by atoms with E-state index in [0.717, 1.165) is 6.42 Å². The monoisotopic (exact) mass is 393 g/mol. The lowest BCUT2D eigenvalue weighted by atomic mass is 10.0. The highest BCUT2D eigenvalue weighted by Crippen LogP contribution is 2.29. The van der Waals surface area contributed by atoms with Gasteiger partial charge < -0.3 is 15.4 Å².